The van der Waals surface area contributed by atoms with E-state index in [0.717, 1.165) is 5.56 Å². The van der Waals surface area contributed by atoms with Crippen LogP contribution in [0.4, 0.5) is 10.1 Å². The van der Waals surface area contributed by atoms with Crippen LogP contribution in [0.2, 0.25) is 0 Å². The minimum atomic E-state index is -0.471. The van der Waals surface area contributed by atoms with Crippen LogP contribution in [-0.2, 0) is 0 Å². The Labute approximate surface area is 197 Å². The molecule has 0 radical (unpaired) electrons. The summed E-state index contributed by atoms with van der Waals surface area (Å²) in [6.45, 7) is 4.57. The number of nitrogens with one attached hydrogen (secondary N) is 1. The van der Waals surface area contributed by atoms with Crippen LogP contribution in [0.5, 0.6) is 11.8 Å². The average Bonchev–Trinajstić information content (AvgIpc) is 3.27. The van der Waals surface area contributed by atoms with Gasteiger partial charge in [0.25, 0.3) is 5.91 Å². The standard InChI is InChI=1S/C26H25FN4O3/c1-17(2)16-34-26-29-24(18-7-5-12-23(14-18)33-3)31(30-26)22-11-6-10-21(15-22)28-25(32)19-8-4-9-20(27)13-19/h4-15,17H,16H2,1-3H3,(H,28,32). The first kappa shape index (κ1) is 23.0. The zero-order chi connectivity index (χ0) is 24.1. The fourth-order valence-corrected chi connectivity index (χ4v) is 3.27. The number of nitrogens with zero attached hydrogens (tertiary/aromatic N) is 3. The highest BCUT2D eigenvalue weighted by Gasteiger charge is 2.17. The molecule has 0 bridgehead atoms. The molecule has 4 rings (SSSR count). The molecule has 8 heteroatoms. The van der Waals surface area contributed by atoms with E-state index in [2.05, 4.69) is 15.4 Å². The second-order valence-electron chi connectivity index (χ2n) is 8.08. The number of amides is 1. The minimum Gasteiger partial charge on any atom is -0.497 e. The van der Waals surface area contributed by atoms with E-state index in [1.807, 2.05) is 44.2 Å². The summed E-state index contributed by atoms with van der Waals surface area (Å²) in [6, 6.07) is 20.4. The normalized spacial score (nSPS) is 10.9. The van der Waals surface area contributed by atoms with Gasteiger partial charge in [-0.05, 0) is 54.4 Å². The number of rotatable bonds is 8. The van der Waals surface area contributed by atoms with Crippen LogP contribution in [-0.4, -0.2) is 34.4 Å². The molecule has 0 fully saturated rings. The minimum absolute atomic E-state index is 0.229. The van der Waals surface area contributed by atoms with E-state index in [9.17, 15) is 9.18 Å². The van der Waals surface area contributed by atoms with Gasteiger partial charge in [-0.25, -0.2) is 9.07 Å². The lowest BCUT2D eigenvalue weighted by Crippen LogP contribution is -2.12. The summed E-state index contributed by atoms with van der Waals surface area (Å²) < 4.78 is 26.3. The van der Waals surface area contributed by atoms with Crippen molar-refractivity contribution >= 4 is 11.6 Å². The predicted octanol–water partition coefficient (Wildman–Crippen LogP) is 5.37. The van der Waals surface area contributed by atoms with Crippen molar-refractivity contribution < 1.29 is 18.7 Å². The van der Waals surface area contributed by atoms with Crippen LogP contribution in [0.1, 0.15) is 24.2 Å². The Bertz CT molecular complexity index is 1300. The first-order valence-electron chi connectivity index (χ1n) is 10.8. The number of hydrogen-bond donors (Lipinski definition) is 1. The largest absolute Gasteiger partial charge is 0.497 e. The number of carbonyl (C=O) groups is 1. The van der Waals surface area contributed by atoms with Crippen molar-refractivity contribution in [3.05, 3.63) is 84.2 Å². The topological polar surface area (TPSA) is 78.3 Å². The van der Waals surface area contributed by atoms with Gasteiger partial charge in [-0.2, -0.15) is 4.98 Å². The molecular weight excluding hydrogens is 435 g/mol. The van der Waals surface area contributed by atoms with E-state index in [1.165, 1.54) is 18.2 Å². The zero-order valence-corrected chi connectivity index (χ0v) is 19.2. The van der Waals surface area contributed by atoms with Gasteiger partial charge in [0.2, 0.25) is 0 Å². The number of aromatic nitrogens is 3. The maximum absolute atomic E-state index is 13.5. The second-order valence-corrected chi connectivity index (χ2v) is 8.08. The Kier molecular flexibility index (Phi) is 6.87. The third kappa shape index (κ3) is 5.40. The third-order valence-corrected chi connectivity index (χ3v) is 4.90. The maximum atomic E-state index is 13.5. The van der Waals surface area contributed by atoms with Crippen molar-refractivity contribution in [1.82, 2.24) is 14.8 Å². The van der Waals surface area contributed by atoms with Crippen LogP contribution >= 0.6 is 0 Å². The molecule has 0 aliphatic heterocycles. The highest BCUT2D eigenvalue weighted by atomic mass is 19.1. The Hall–Kier alpha value is -4.20. The van der Waals surface area contributed by atoms with Crippen molar-refractivity contribution in [3.63, 3.8) is 0 Å². The number of carbonyl (C=O) groups excluding carboxylic acids is 1. The van der Waals surface area contributed by atoms with E-state index < -0.39 is 11.7 Å². The van der Waals surface area contributed by atoms with Crippen molar-refractivity contribution in [2.45, 2.75) is 13.8 Å². The van der Waals surface area contributed by atoms with Crippen molar-refractivity contribution in [3.8, 4) is 28.8 Å². The first-order chi connectivity index (χ1) is 16.4. The summed E-state index contributed by atoms with van der Waals surface area (Å²) in [5, 5.41) is 7.36. The van der Waals surface area contributed by atoms with Gasteiger partial charge in [0.1, 0.15) is 11.6 Å². The summed E-state index contributed by atoms with van der Waals surface area (Å²) in [7, 11) is 1.60. The molecule has 174 valence electrons. The van der Waals surface area contributed by atoms with E-state index in [-0.39, 0.29) is 11.6 Å². The van der Waals surface area contributed by atoms with Crippen LogP contribution < -0.4 is 14.8 Å². The van der Waals surface area contributed by atoms with Crippen LogP contribution in [0.15, 0.2) is 72.8 Å². The molecule has 0 saturated carbocycles. The fourth-order valence-electron chi connectivity index (χ4n) is 3.27. The van der Waals surface area contributed by atoms with Gasteiger partial charge >= 0.3 is 6.01 Å². The number of hydrogen-bond acceptors (Lipinski definition) is 5. The molecule has 0 aliphatic carbocycles. The highest BCUT2D eigenvalue weighted by molar-refractivity contribution is 6.04. The van der Waals surface area contributed by atoms with Crippen LogP contribution in [0, 0.1) is 11.7 Å². The lowest BCUT2D eigenvalue weighted by Gasteiger charge is -2.10. The van der Waals surface area contributed by atoms with Crippen molar-refractivity contribution in [2.24, 2.45) is 5.92 Å². The van der Waals surface area contributed by atoms with E-state index in [1.54, 1.807) is 36.1 Å². The molecule has 4 aromatic rings. The summed E-state index contributed by atoms with van der Waals surface area (Å²) in [5.41, 5.74) is 2.22. The van der Waals surface area contributed by atoms with Gasteiger partial charge in [0.05, 0.1) is 19.4 Å². The Morgan fingerprint density at radius 3 is 2.62 bits per heavy atom. The quantitative estimate of drug-likeness (QED) is 0.383. The molecule has 0 aliphatic rings. The molecule has 1 aromatic heterocycles. The zero-order valence-electron chi connectivity index (χ0n) is 19.2. The number of methoxy groups -OCH3 is 1. The van der Waals surface area contributed by atoms with Gasteiger partial charge in [0.15, 0.2) is 5.82 Å². The number of anilines is 1. The number of ether oxygens (including phenoxy) is 2. The van der Waals surface area contributed by atoms with Crippen LogP contribution in [0.3, 0.4) is 0 Å². The lowest BCUT2D eigenvalue weighted by atomic mass is 10.2. The molecule has 34 heavy (non-hydrogen) atoms. The molecule has 1 heterocycles. The monoisotopic (exact) mass is 460 g/mol. The smallest absolute Gasteiger partial charge is 0.336 e. The fraction of sp³-hybridized carbons (Fsp3) is 0.192. The van der Waals surface area contributed by atoms with Gasteiger partial charge < -0.3 is 14.8 Å². The maximum Gasteiger partial charge on any atom is 0.336 e. The first-order valence-corrected chi connectivity index (χ1v) is 10.8. The molecule has 3 aromatic carbocycles. The molecule has 1 N–H and O–H groups in total. The molecule has 0 atom stereocenters. The van der Waals surface area contributed by atoms with Crippen LogP contribution in [0.25, 0.3) is 17.1 Å². The Morgan fingerprint density at radius 1 is 1.06 bits per heavy atom. The van der Waals surface area contributed by atoms with Crippen molar-refractivity contribution in [1.29, 1.82) is 0 Å². The van der Waals surface area contributed by atoms with Gasteiger partial charge in [-0.3, -0.25) is 4.79 Å². The highest BCUT2D eigenvalue weighted by Crippen LogP contribution is 2.27. The Balaban J connectivity index is 1.69. The van der Waals surface area contributed by atoms with Gasteiger partial charge in [-0.1, -0.05) is 38.1 Å². The van der Waals surface area contributed by atoms with Gasteiger partial charge in [0, 0.05) is 16.8 Å². The number of halogens is 1. The second kappa shape index (κ2) is 10.2. The molecular formula is C26H25FN4O3. The molecule has 0 spiro atoms. The summed E-state index contributed by atoms with van der Waals surface area (Å²) in [4.78, 5) is 17.2. The number of benzene rings is 3. The lowest BCUT2D eigenvalue weighted by molar-refractivity contribution is 0.102. The average molecular weight is 461 g/mol. The Morgan fingerprint density at radius 2 is 1.85 bits per heavy atom. The van der Waals surface area contributed by atoms with Gasteiger partial charge in [-0.15, -0.1) is 5.10 Å². The molecule has 0 saturated heterocycles. The van der Waals surface area contributed by atoms with E-state index >= 15 is 0 Å². The summed E-state index contributed by atoms with van der Waals surface area (Å²) in [5.74, 6) is 0.678. The summed E-state index contributed by atoms with van der Waals surface area (Å²) in [6.07, 6.45) is 0. The van der Waals surface area contributed by atoms with Crippen molar-refractivity contribution in [2.75, 3.05) is 19.0 Å². The predicted molar refractivity (Wildman–Crippen MR) is 128 cm³/mol. The summed E-state index contributed by atoms with van der Waals surface area (Å²) >= 11 is 0. The van der Waals surface area contributed by atoms with E-state index in [0.29, 0.717) is 35.5 Å². The molecule has 7 nitrogen and oxygen atoms in total. The molecule has 1 amide bonds. The third-order valence-electron chi connectivity index (χ3n) is 4.90. The van der Waals surface area contributed by atoms with E-state index in [4.69, 9.17) is 9.47 Å². The SMILES string of the molecule is COc1cccc(-c2nc(OCC(C)C)nn2-c2cccc(NC(=O)c3cccc(F)c3)c2)c1. The molecule has 0 unspecified atom stereocenters.